The lowest BCUT2D eigenvalue weighted by atomic mass is 9.96. The number of nitrogens with one attached hydrogen (secondary N) is 2. The van der Waals surface area contributed by atoms with E-state index in [1.54, 1.807) is 7.11 Å². The maximum atomic E-state index is 12.3. The van der Waals surface area contributed by atoms with Crippen molar-refractivity contribution in [3.05, 3.63) is 35.9 Å². The fourth-order valence-corrected chi connectivity index (χ4v) is 3.10. The van der Waals surface area contributed by atoms with Gasteiger partial charge in [-0.15, -0.1) is 0 Å². The van der Waals surface area contributed by atoms with Crippen molar-refractivity contribution in [1.82, 2.24) is 15.5 Å². The molecule has 1 aromatic carbocycles. The van der Waals surface area contributed by atoms with Crippen LogP contribution in [-0.2, 0) is 20.9 Å². The van der Waals surface area contributed by atoms with Crippen LogP contribution >= 0.6 is 0 Å². The Bertz CT molecular complexity index is 542. The van der Waals surface area contributed by atoms with Crippen molar-refractivity contribution in [3.63, 3.8) is 0 Å². The zero-order chi connectivity index (χ0) is 18.1. The molecule has 0 aromatic heterocycles. The topological polar surface area (TPSA) is 70.7 Å². The highest BCUT2D eigenvalue weighted by Crippen LogP contribution is 2.17. The van der Waals surface area contributed by atoms with Crippen molar-refractivity contribution in [3.8, 4) is 0 Å². The Hall–Kier alpha value is -1.92. The summed E-state index contributed by atoms with van der Waals surface area (Å²) in [5, 5.41) is 5.93. The van der Waals surface area contributed by atoms with Crippen molar-refractivity contribution in [2.24, 2.45) is 5.92 Å². The van der Waals surface area contributed by atoms with Gasteiger partial charge < -0.3 is 15.4 Å². The van der Waals surface area contributed by atoms with Gasteiger partial charge in [0.05, 0.1) is 13.2 Å². The van der Waals surface area contributed by atoms with Gasteiger partial charge in [0.2, 0.25) is 11.8 Å². The Morgan fingerprint density at radius 3 is 2.56 bits per heavy atom. The number of piperidine rings is 1. The van der Waals surface area contributed by atoms with Crippen LogP contribution in [0.1, 0.15) is 25.3 Å². The normalized spacial score (nSPS) is 17.0. The molecule has 6 heteroatoms. The van der Waals surface area contributed by atoms with E-state index in [1.165, 1.54) is 0 Å². The Balaban J connectivity index is 1.66. The van der Waals surface area contributed by atoms with Crippen molar-refractivity contribution < 1.29 is 14.3 Å². The molecule has 2 N–H and O–H groups in total. The molecule has 1 atom stereocenters. The first-order valence-corrected chi connectivity index (χ1v) is 8.90. The molecule has 1 saturated heterocycles. The Morgan fingerprint density at radius 2 is 1.92 bits per heavy atom. The minimum absolute atomic E-state index is 0.0107. The van der Waals surface area contributed by atoms with Gasteiger partial charge in [-0.2, -0.15) is 0 Å². The molecule has 138 valence electrons. The summed E-state index contributed by atoms with van der Waals surface area (Å²) in [5.41, 5.74) is 1.11. The van der Waals surface area contributed by atoms with E-state index in [0.29, 0.717) is 19.7 Å². The molecule has 1 aliphatic rings. The van der Waals surface area contributed by atoms with Crippen LogP contribution < -0.4 is 10.6 Å². The minimum Gasteiger partial charge on any atom is -0.383 e. The zero-order valence-corrected chi connectivity index (χ0v) is 15.2. The molecule has 2 amide bonds. The summed E-state index contributed by atoms with van der Waals surface area (Å²) in [7, 11) is 1.62. The SMILES string of the molecule is COCC(C)NC(=O)CN1CCC(C(=O)NCc2ccccc2)CC1. The van der Waals surface area contributed by atoms with Crippen LogP contribution in [0.15, 0.2) is 30.3 Å². The minimum atomic E-state index is 0.0107. The van der Waals surface area contributed by atoms with Gasteiger partial charge in [0, 0.05) is 25.6 Å². The highest BCUT2D eigenvalue weighted by atomic mass is 16.5. The first kappa shape index (κ1) is 19.4. The molecule has 0 saturated carbocycles. The van der Waals surface area contributed by atoms with Crippen molar-refractivity contribution in [2.75, 3.05) is 33.4 Å². The van der Waals surface area contributed by atoms with E-state index in [2.05, 4.69) is 15.5 Å². The molecule has 0 bridgehead atoms. The summed E-state index contributed by atoms with van der Waals surface area (Å²) in [4.78, 5) is 26.4. The number of methoxy groups -OCH3 is 1. The smallest absolute Gasteiger partial charge is 0.234 e. The summed E-state index contributed by atoms with van der Waals surface area (Å²) in [5.74, 6) is 0.161. The number of likely N-dealkylation sites (tertiary alicyclic amines) is 1. The van der Waals surface area contributed by atoms with Gasteiger partial charge in [-0.05, 0) is 38.4 Å². The predicted octanol–water partition coefficient (Wildman–Crippen LogP) is 1.17. The number of hydrogen-bond donors (Lipinski definition) is 2. The summed E-state index contributed by atoms with van der Waals surface area (Å²) in [6, 6.07) is 9.93. The third-order valence-corrected chi connectivity index (χ3v) is 4.46. The molecule has 0 radical (unpaired) electrons. The number of ether oxygens (including phenoxy) is 1. The lowest BCUT2D eigenvalue weighted by Crippen LogP contribution is -2.46. The van der Waals surface area contributed by atoms with Crippen LogP contribution in [0.5, 0.6) is 0 Å². The van der Waals surface area contributed by atoms with Gasteiger partial charge in [-0.3, -0.25) is 14.5 Å². The average Bonchev–Trinajstić information content (AvgIpc) is 2.61. The van der Waals surface area contributed by atoms with Crippen molar-refractivity contribution in [1.29, 1.82) is 0 Å². The largest absolute Gasteiger partial charge is 0.383 e. The van der Waals surface area contributed by atoms with Crippen LogP contribution in [0.25, 0.3) is 0 Å². The Morgan fingerprint density at radius 1 is 1.24 bits per heavy atom. The summed E-state index contributed by atoms with van der Waals surface area (Å²) in [6.07, 6.45) is 1.59. The van der Waals surface area contributed by atoms with E-state index in [4.69, 9.17) is 4.74 Å². The van der Waals surface area contributed by atoms with E-state index < -0.39 is 0 Å². The van der Waals surface area contributed by atoms with E-state index in [1.807, 2.05) is 37.3 Å². The van der Waals surface area contributed by atoms with Crippen molar-refractivity contribution in [2.45, 2.75) is 32.4 Å². The molecular weight excluding hydrogens is 318 g/mol. The molecule has 1 heterocycles. The predicted molar refractivity (Wildman–Crippen MR) is 96.9 cm³/mol. The Labute approximate surface area is 149 Å². The van der Waals surface area contributed by atoms with E-state index in [0.717, 1.165) is 31.5 Å². The maximum absolute atomic E-state index is 12.3. The zero-order valence-electron chi connectivity index (χ0n) is 15.2. The Kier molecular flexibility index (Phi) is 7.88. The summed E-state index contributed by atoms with van der Waals surface area (Å²) >= 11 is 0. The lowest BCUT2D eigenvalue weighted by Gasteiger charge is -2.31. The number of carbonyl (C=O) groups excluding carboxylic acids is 2. The maximum Gasteiger partial charge on any atom is 0.234 e. The van der Waals surface area contributed by atoms with Gasteiger partial charge in [-0.1, -0.05) is 30.3 Å². The molecule has 25 heavy (non-hydrogen) atoms. The molecule has 0 aliphatic carbocycles. The van der Waals surface area contributed by atoms with Crippen LogP contribution in [0, 0.1) is 5.92 Å². The highest BCUT2D eigenvalue weighted by molar-refractivity contribution is 5.79. The third kappa shape index (κ3) is 6.84. The van der Waals surface area contributed by atoms with E-state index in [9.17, 15) is 9.59 Å². The standard InChI is InChI=1S/C19H29N3O3/c1-15(14-25-2)21-18(23)13-22-10-8-17(9-11-22)19(24)20-12-16-6-4-3-5-7-16/h3-7,15,17H,8-14H2,1-2H3,(H,20,24)(H,21,23). The fourth-order valence-electron chi connectivity index (χ4n) is 3.10. The van der Waals surface area contributed by atoms with Gasteiger partial charge in [-0.25, -0.2) is 0 Å². The highest BCUT2D eigenvalue weighted by Gasteiger charge is 2.25. The molecule has 1 aliphatic heterocycles. The average molecular weight is 347 g/mol. The quantitative estimate of drug-likeness (QED) is 0.740. The number of benzene rings is 1. The second-order valence-corrected chi connectivity index (χ2v) is 6.68. The van der Waals surface area contributed by atoms with Crippen molar-refractivity contribution >= 4 is 11.8 Å². The molecule has 1 aromatic rings. The lowest BCUT2D eigenvalue weighted by molar-refractivity contribution is -0.127. The van der Waals surface area contributed by atoms with Gasteiger partial charge in [0.15, 0.2) is 0 Å². The third-order valence-electron chi connectivity index (χ3n) is 4.46. The second-order valence-electron chi connectivity index (χ2n) is 6.68. The van der Waals surface area contributed by atoms with Gasteiger partial charge >= 0.3 is 0 Å². The molecule has 1 unspecified atom stereocenters. The second kappa shape index (κ2) is 10.2. The molecular formula is C19H29N3O3. The number of amides is 2. The van der Waals surface area contributed by atoms with Gasteiger partial charge in [0.1, 0.15) is 0 Å². The van der Waals surface area contributed by atoms with E-state index in [-0.39, 0.29) is 23.8 Å². The van der Waals surface area contributed by atoms with Crippen LogP contribution in [-0.4, -0.2) is 56.1 Å². The van der Waals surface area contributed by atoms with Gasteiger partial charge in [0.25, 0.3) is 0 Å². The molecule has 2 rings (SSSR count). The number of nitrogens with zero attached hydrogens (tertiary/aromatic N) is 1. The van der Waals surface area contributed by atoms with E-state index >= 15 is 0 Å². The first-order chi connectivity index (χ1) is 12.1. The molecule has 6 nitrogen and oxygen atoms in total. The molecule has 0 spiro atoms. The summed E-state index contributed by atoms with van der Waals surface area (Å²) < 4.78 is 5.02. The number of carbonyl (C=O) groups is 2. The number of hydrogen-bond acceptors (Lipinski definition) is 4. The molecule has 1 fully saturated rings. The van der Waals surface area contributed by atoms with Crippen LogP contribution in [0.2, 0.25) is 0 Å². The summed E-state index contributed by atoms with van der Waals surface area (Å²) in [6.45, 7) is 4.93. The van der Waals surface area contributed by atoms with Crippen LogP contribution in [0.4, 0.5) is 0 Å². The number of rotatable bonds is 8. The fraction of sp³-hybridized carbons (Fsp3) is 0.579. The van der Waals surface area contributed by atoms with Crippen LogP contribution in [0.3, 0.4) is 0 Å². The first-order valence-electron chi connectivity index (χ1n) is 8.90. The monoisotopic (exact) mass is 347 g/mol.